The summed E-state index contributed by atoms with van der Waals surface area (Å²) in [5.74, 6) is 1.90. The lowest BCUT2D eigenvalue weighted by Gasteiger charge is -2.04. The molecule has 0 atom stereocenters. The lowest BCUT2D eigenvalue weighted by molar-refractivity contribution is 0.584. The SMILES string of the molecule is CCSCCCNc1ccc(F)nc1. The van der Waals surface area contributed by atoms with E-state index in [9.17, 15) is 4.39 Å². The minimum Gasteiger partial charge on any atom is -0.384 e. The minimum absolute atomic E-state index is 0.433. The van der Waals surface area contributed by atoms with Gasteiger partial charge >= 0.3 is 0 Å². The molecule has 0 aromatic carbocycles. The van der Waals surface area contributed by atoms with Crippen molar-refractivity contribution in [1.29, 1.82) is 0 Å². The zero-order chi connectivity index (χ0) is 10.2. The van der Waals surface area contributed by atoms with Gasteiger partial charge in [0.15, 0.2) is 0 Å². The first kappa shape index (κ1) is 11.3. The molecule has 0 saturated carbocycles. The minimum atomic E-state index is -0.433. The molecule has 1 heterocycles. The van der Waals surface area contributed by atoms with Crippen molar-refractivity contribution in [1.82, 2.24) is 4.98 Å². The third kappa shape index (κ3) is 4.46. The van der Waals surface area contributed by atoms with Gasteiger partial charge in [-0.1, -0.05) is 6.92 Å². The molecule has 0 fully saturated rings. The fourth-order valence-electron chi connectivity index (χ4n) is 1.03. The molecular formula is C10H15FN2S. The largest absolute Gasteiger partial charge is 0.384 e. The van der Waals surface area contributed by atoms with Crippen molar-refractivity contribution < 1.29 is 4.39 Å². The quantitative estimate of drug-likeness (QED) is 0.582. The van der Waals surface area contributed by atoms with Crippen LogP contribution in [0, 0.1) is 5.95 Å². The number of anilines is 1. The Morgan fingerprint density at radius 1 is 1.50 bits per heavy atom. The molecular weight excluding hydrogens is 199 g/mol. The van der Waals surface area contributed by atoms with Crippen molar-refractivity contribution in [2.75, 3.05) is 23.4 Å². The highest BCUT2D eigenvalue weighted by Gasteiger charge is 1.93. The Morgan fingerprint density at radius 2 is 2.36 bits per heavy atom. The van der Waals surface area contributed by atoms with Gasteiger partial charge in [0.1, 0.15) is 0 Å². The molecule has 14 heavy (non-hydrogen) atoms. The maximum atomic E-state index is 12.4. The van der Waals surface area contributed by atoms with Gasteiger partial charge in [-0.05, 0) is 30.1 Å². The molecule has 0 saturated heterocycles. The highest BCUT2D eigenvalue weighted by molar-refractivity contribution is 7.99. The van der Waals surface area contributed by atoms with Gasteiger partial charge in [0.2, 0.25) is 5.95 Å². The average molecular weight is 214 g/mol. The van der Waals surface area contributed by atoms with Gasteiger partial charge in [0, 0.05) is 6.54 Å². The van der Waals surface area contributed by atoms with Crippen LogP contribution in [0.2, 0.25) is 0 Å². The Kier molecular flexibility index (Phi) is 5.37. The Balaban J connectivity index is 2.15. The molecule has 0 amide bonds. The van der Waals surface area contributed by atoms with Crippen molar-refractivity contribution in [3.8, 4) is 0 Å². The van der Waals surface area contributed by atoms with E-state index in [2.05, 4.69) is 17.2 Å². The molecule has 4 heteroatoms. The van der Waals surface area contributed by atoms with Crippen LogP contribution in [0.25, 0.3) is 0 Å². The first-order chi connectivity index (χ1) is 6.83. The number of aromatic nitrogens is 1. The van der Waals surface area contributed by atoms with Crippen LogP contribution in [0.1, 0.15) is 13.3 Å². The van der Waals surface area contributed by atoms with Crippen molar-refractivity contribution in [3.05, 3.63) is 24.3 Å². The molecule has 0 aliphatic rings. The van der Waals surface area contributed by atoms with Gasteiger partial charge in [-0.3, -0.25) is 0 Å². The van der Waals surface area contributed by atoms with E-state index in [1.54, 1.807) is 6.07 Å². The Labute approximate surface area is 88.3 Å². The van der Waals surface area contributed by atoms with E-state index in [-0.39, 0.29) is 0 Å². The second-order valence-corrected chi connectivity index (χ2v) is 4.24. The van der Waals surface area contributed by atoms with Crippen molar-refractivity contribution in [2.24, 2.45) is 0 Å². The van der Waals surface area contributed by atoms with Crippen LogP contribution in [-0.2, 0) is 0 Å². The van der Waals surface area contributed by atoms with Gasteiger partial charge in [-0.15, -0.1) is 0 Å². The summed E-state index contributed by atoms with van der Waals surface area (Å²) in [7, 11) is 0. The summed E-state index contributed by atoms with van der Waals surface area (Å²) in [4.78, 5) is 3.56. The summed E-state index contributed by atoms with van der Waals surface area (Å²) < 4.78 is 12.4. The van der Waals surface area contributed by atoms with Crippen LogP contribution in [0.3, 0.4) is 0 Å². The molecule has 0 aliphatic carbocycles. The molecule has 0 bridgehead atoms. The van der Waals surface area contributed by atoms with Crippen LogP contribution < -0.4 is 5.32 Å². The third-order valence-corrected chi connectivity index (χ3v) is 2.71. The lowest BCUT2D eigenvalue weighted by Crippen LogP contribution is -2.03. The van der Waals surface area contributed by atoms with Crippen molar-refractivity contribution in [3.63, 3.8) is 0 Å². The third-order valence-electron chi connectivity index (χ3n) is 1.73. The molecule has 2 nitrogen and oxygen atoms in total. The van der Waals surface area contributed by atoms with E-state index >= 15 is 0 Å². The molecule has 0 spiro atoms. The maximum Gasteiger partial charge on any atom is 0.212 e. The molecule has 0 unspecified atom stereocenters. The summed E-state index contributed by atoms with van der Waals surface area (Å²) in [6, 6.07) is 3.07. The first-order valence-electron chi connectivity index (χ1n) is 4.76. The van der Waals surface area contributed by atoms with E-state index in [4.69, 9.17) is 0 Å². The summed E-state index contributed by atoms with van der Waals surface area (Å²) in [6.45, 7) is 3.07. The van der Waals surface area contributed by atoms with Crippen molar-refractivity contribution >= 4 is 17.4 Å². The van der Waals surface area contributed by atoms with Gasteiger partial charge in [0.25, 0.3) is 0 Å². The summed E-state index contributed by atoms with van der Waals surface area (Å²) in [6.07, 6.45) is 2.64. The fraction of sp³-hybridized carbons (Fsp3) is 0.500. The summed E-state index contributed by atoms with van der Waals surface area (Å²) in [5, 5.41) is 3.19. The van der Waals surface area contributed by atoms with E-state index in [0.29, 0.717) is 0 Å². The number of nitrogens with one attached hydrogen (secondary N) is 1. The first-order valence-corrected chi connectivity index (χ1v) is 5.91. The standard InChI is InChI=1S/C10H15FN2S/c1-2-14-7-3-6-12-9-4-5-10(11)13-8-9/h4-5,8,12H,2-3,6-7H2,1H3. The number of rotatable bonds is 6. The molecule has 1 N–H and O–H groups in total. The smallest absolute Gasteiger partial charge is 0.212 e. The normalized spacial score (nSPS) is 10.1. The number of nitrogens with zero attached hydrogens (tertiary/aromatic N) is 1. The zero-order valence-corrected chi connectivity index (χ0v) is 9.11. The molecule has 1 rings (SSSR count). The van der Waals surface area contributed by atoms with Crippen LogP contribution in [0.15, 0.2) is 18.3 Å². The summed E-state index contributed by atoms with van der Waals surface area (Å²) >= 11 is 1.93. The Bertz CT molecular complexity index is 251. The van der Waals surface area contributed by atoms with Crippen LogP contribution in [0.4, 0.5) is 10.1 Å². The highest BCUT2D eigenvalue weighted by Crippen LogP contribution is 2.06. The van der Waals surface area contributed by atoms with Gasteiger partial charge in [-0.2, -0.15) is 16.2 Å². The molecule has 1 aromatic heterocycles. The zero-order valence-electron chi connectivity index (χ0n) is 8.29. The topological polar surface area (TPSA) is 24.9 Å². The molecule has 0 radical (unpaired) electrons. The Hall–Kier alpha value is -0.770. The lowest BCUT2D eigenvalue weighted by atomic mass is 10.4. The average Bonchev–Trinajstić information content (AvgIpc) is 2.21. The molecule has 1 aromatic rings. The highest BCUT2D eigenvalue weighted by atomic mass is 32.2. The summed E-state index contributed by atoms with van der Waals surface area (Å²) in [5.41, 5.74) is 0.882. The number of pyridine rings is 1. The number of hydrogen-bond donors (Lipinski definition) is 1. The number of hydrogen-bond acceptors (Lipinski definition) is 3. The second-order valence-electron chi connectivity index (χ2n) is 2.85. The second kappa shape index (κ2) is 6.65. The number of thioether (sulfide) groups is 1. The number of halogens is 1. The van der Waals surface area contributed by atoms with Crippen molar-refractivity contribution in [2.45, 2.75) is 13.3 Å². The predicted molar refractivity (Wildman–Crippen MR) is 60.3 cm³/mol. The van der Waals surface area contributed by atoms with Crippen LogP contribution >= 0.6 is 11.8 Å². The predicted octanol–water partition coefficient (Wildman–Crippen LogP) is 2.78. The van der Waals surface area contributed by atoms with Gasteiger partial charge in [-0.25, -0.2) is 4.98 Å². The van der Waals surface area contributed by atoms with E-state index in [0.717, 1.165) is 30.2 Å². The maximum absolute atomic E-state index is 12.4. The van der Waals surface area contributed by atoms with E-state index in [1.165, 1.54) is 12.3 Å². The molecule has 0 aliphatic heterocycles. The van der Waals surface area contributed by atoms with Crippen LogP contribution in [0.5, 0.6) is 0 Å². The van der Waals surface area contributed by atoms with Crippen LogP contribution in [-0.4, -0.2) is 23.0 Å². The van der Waals surface area contributed by atoms with E-state index in [1.807, 2.05) is 11.8 Å². The van der Waals surface area contributed by atoms with E-state index < -0.39 is 5.95 Å². The monoisotopic (exact) mass is 214 g/mol. The van der Waals surface area contributed by atoms with Gasteiger partial charge < -0.3 is 5.32 Å². The van der Waals surface area contributed by atoms with Gasteiger partial charge in [0.05, 0.1) is 11.9 Å². The fourth-order valence-corrected chi connectivity index (χ4v) is 1.67. The Morgan fingerprint density at radius 3 is 3.00 bits per heavy atom. The molecule has 78 valence electrons.